The number of para-hydroxylation sites is 1. The summed E-state index contributed by atoms with van der Waals surface area (Å²) in [5.41, 5.74) is 4.25. The van der Waals surface area contributed by atoms with Gasteiger partial charge in [-0.15, -0.1) is 16.9 Å². The lowest BCUT2D eigenvalue weighted by atomic mass is 10.1. The predicted molar refractivity (Wildman–Crippen MR) is 118 cm³/mol. The normalized spacial score (nSPS) is 16.4. The van der Waals surface area contributed by atoms with Gasteiger partial charge in [0, 0.05) is 16.7 Å². The van der Waals surface area contributed by atoms with Crippen molar-refractivity contribution in [3.8, 4) is 5.69 Å². The van der Waals surface area contributed by atoms with Crippen molar-refractivity contribution < 1.29 is 4.79 Å². The Hall–Kier alpha value is -2.32. The van der Waals surface area contributed by atoms with Crippen LogP contribution in [0.1, 0.15) is 24.5 Å². The maximum atomic E-state index is 13.1. The molecule has 1 aliphatic heterocycles. The molecule has 0 spiro atoms. The molecule has 6 nitrogen and oxygen atoms in total. The van der Waals surface area contributed by atoms with Crippen LogP contribution >= 0.6 is 23.5 Å². The van der Waals surface area contributed by atoms with Gasteiger partial charge in [-0.25, -0.2) is 0 Å². The van der Waals surface area contributed by atoms with E-state index in [9.17, 15) is 4.79 Å². The highest BCUT2D eigenvalue weighted by atomic mass is 32.2. The third-order valence-corrected chi connectivity index (χ3v) is 7.26. The molecular formula is C21H23N5OS2. The zero-order valence-corrected chi connectivity index (χ0v) is 18.3. The van der Waals surface area contributed by atoms with Crippen molar-refractivity contribution >= 4 is 35.1 Å². The maximum absolute atomic E-state index is 13.1. The van der Waals surface area contributed by atoms with Crippen LogP contribution in [0.4, 0.5) is 5.69 Å². The lowest BCUT2D eigenvalue weighted by Crippen LogP contribution is -2.33. The number of benzene rings is 2. The van der Waals surface area contributed by atoms with E-state index in [0.29, 0.717) is 16.2 Å². The minimum absolute atomic E-state index is 0.0765. The summed E-state index contributed by atoms with van der Waals surface area (Å²) in [4.78, 5) is 16.2. The Bertz CT molecular complexity index is 1040. The molecule has 0 saturated heterocycles. The van der Waals surface area contributed by atoms with Gasteiger partial charge >= 0.3 is 0 Å². The first-order valence-electron chi connectivity index (χ1n) is 9.58. The number of aryl methyl sites for hydroxylation is 1. The molecule has 0 fully saturated rings. The number of hydrogen-bond donors (Lipinski definition) is 0. The van der Waals surface area contributed by atoms with Crippen molar-refractivity contribution in [1.29, 1.82) is 0 Å². The molecule has 0 N–H and O–H groups in total. The summed E-state index contributed by atoms with van der Waals surface area (Å²) in [5.74, 6) is 0.367. The second-order valence-corrected chi connectivity index (χ2v) is 9.53. The molecule has 8 heteroatoms. The van der Waals surface area contributed by atoms with Gasteiger partial charge in [-0.05, 0) is 60.0 Å². The molecule has 0 saturated carbocycles. The summed E-state index contributed by atoms with van der Waals surface area (Å²) in [5, 5.41) is 13.2. The average Bonchev–Trinajstić information content (AvgIpc) is 3.10. The number of anilines is 1. The Balaban J connectivity index is 1.53. The van der Waals surface area contributed by atoms with Crippen molar-refractivity contribution in [1.82, 2.24) is 20.2 Å². The number of nitrogens with zero attached hydrogens (tertiary/aromatic N) is 5. The number of thioether (sulfide) groups is 2. The van der Waals surface area contributed by atoms with Crippen molar-refractivity contribution in [3.63, 3.8) is 0 Å². The molecule has 29 heavy (non-hydrogen) atoms. The number of aromatic nitrogens is 4. The van der Waals surface area contributed by atoms with Gasteiger partial charge in [0.05, 0.1) is 17.1 Å². The Kier molecular flexibility index (Phi) is 5.91. The molecule has 1 aliphatic rings. The van der Waals surface area contributed by atoms with E-state index >= 15 is 0 Å². The zero-order chi connectivity index (χ0) is 20.4. The van der Waals surface area contributed by atoms with Crippen LogP contribution in [0.25, 0.3) is 5.69 Å². The lowest BCUT2D eigenvalue weighted by molar-refractivity contribution is -0.116. The molecule has 3 aromatic rings. The summed E-state index contributed by atoms with van der Waals surface area (Å²) in [6, 6.07) is 14.2. The van der Waals surface area contributed by atoms with Crippen LogP contribution < -0.4 is 4.90 Å². The summed E-state index contributed by atoms with van der Waals surface area (Å²) < 4.78 is 1.72. The van der Waals surface area contributed by atoms with E-state index in [1.54, 1.807) is 4.68 Å². The van der Waals surface area contributed by atoms with Gasteiger partial charge in [-0.1, -0.05) is 43.0 Å². The van der Waals surface area contributed by atoms with E-state index in [1.165, 1.54) is 17.3 Å². The molecule has 1 amide bonds. The van der Waals surface area contributed by atoms with E-state index in [2.05, 4.69) is 48.4 Å². The highest BCUT2D eigenvalue weighted by molar-refractivity contribution is 8.00. The van der Waals surface area contributed by atoms with E-state index in [-0.39, 0.29) is 5.91 Å². The molecule has 150 valence electrons. The molecular weight excluding hydrogens is 402 g/mol. The fourth-order valence-corrected chi connectivity index (χ4v) is 5.21. The number of carbonyl (C=O) groups excluding carboxylic acids is 1. The highest BCUT2D eigenvalue weighted by Gasteiger charge is 2.24. The van der Waals surface area contributed by atoms with Gasteiger partial charge in [0.2, 0.25) is 11.1 Å². The molecule has 0 bridgehead atoms. The molecule has 1 aromatic heterocycles. The minimum atomic E-state index is 0.0765. The third kappa shape index (κ3) is 4.18. The molecule has 2 aromatic carbocycles. The largest absolute Gasteiger partial charge is 0.311 e. The fourth-order valence-electron chi connectivity index (χ4n) is 3.34. The van der Waals surface area contributed by atoms with Gasteiger partial charge in [-0.2, -0.15) is 4.68 Å². The minimum Gasteiger partial charge on any atom is -0.311 e. The molecule has 2 heterocycles. The smallest absolute Gasteiger partial charge is 0.237 e. The van der Waals surface area contributed by atoms with Crippen LogP contribution in [-0.2, 0) is 4.79 Å². The zero-order valence-electron chi connectivity index (χ0n) is 16.7. The molecule has 4 rings (SSSR count). The number of amides is 1. The number of carbonyl (C=O) groups is 1. The van der Waals surface area contributed by atoms with Crippen LogP contribution in [0.3, 0.4) is 0 Å². The first-order chi connectivity index (χ1) is 14.0. The van der Waals surface area contributed by atoms with Crippen molar-refractivity contribution in [2.45, 2.75) is 42.5 Å². The lowest BCUT2D eigenvalue weighted by Gasteiger charge is -2.22. The predicted octanol–water partition coefficient (Wildman–Crippen LogP) is 4.29. The second-order valence-electron chi connectivity index (χ2n) is 7.11. The molecule has 1 atom stereocenters. The van der Waals surface area contributed by atoms with Crippen LogP contribution in [0.15, 0.2) is 52.5 Å². The van der Waals surface area contributed by atoms with Gasteiger partial charge in [0.15, 0.2) is 0 Å². The van der Waals surface area contributed by atoms with Crippen LogP contribution in [0, 0.1) is 13.8 Å². The summed E-state index contributed by atoms with van der Waals surface area (Å²) in [6.07, 6.45) is 0.968. The maximum Gasteiger partial charge on any atom is 0.237 e. The van der Waals surface area contributed by atoms with Crippen molar-refractivity contribution in [3.05, 3.63) is 53.6 Å². The van der Waals surface area contributed by atoms with E-state index in [0.717, 1.165) is 34.8 Å². The Morgan fingerprint density at radius 3 is 2.83 bits per heavy atom. The molecule has 0 unspecified atom stereocenters. The fraction of sp³-hybridized carbons (Fsp3) is 0.333. The Labute approximate surface area is 179 Å². The van der Waals surface area contributed by atoms with Gasteiger partial charge < -0.3 is 4.90 Å². The number of hydrogen-bond acceptors (Lipinski definition) is 6. The number of rotatable bonds is 4. The van der Waals surface area contributed by atoms with Crippen molar-refractivity contribution in [2.24, 2.45) is 0 Å². The summed E-state index contributed by atoms with van der Waals surface area (Å²) in [7, 11) is 0. The van der Waals surface area contributed by atoms with Gasteiger partial charge in [-0.3, -0.25) is 4.79 Å². The monoisotopic (exact) mass is 425 g/mol. The first kappa shape index (κ1) is 20.0. The average molecular weight is 426 g/mol. The second kappa shape index (κ2) is 8.59. The van der Waals surface area contributed by atoms with Gasteiger partial charge in [0.25, 0.3) is 0 Å². The van der Waals surface area contributed by atoms with Crippen molar-refractivity contribution in [2.75, 3.05) is 17.2 Å². The Morgan fingerprint density at radius 1 is 1.17 bits per heavy atom. The van der Waals surface area contributed by atoms with E-state index < -0.39 is 0 Å². The Morgan fingerprint density at radius 2 is 1.97 bits per heavy atom. The summed E-state index contributed by atoms with van der Waals surface area (Å²) in [6.45, 7) is 7.06. The first-order valence-corrected chi connectivity index (χ1v) is 11.4. The number of tetrazole rings is 1. The topological polar surface area (TPSA) is 63.9 Å². The van der Waals surface area contributed by atoms with Crippen LogP contribution in [0.2, 0.25) is 0 Å². The quantitative estimate of drug-likeness (QED) is 0.581. The van der Waals surface area contributed by atoms with Crippen LogP contribution in [-0.4, -0.2) is 43.7 Å². The number of fused-ring (bicyclic) bond motifs is 1. The molecule has 0 radical (unpaired) electrons. The summed E-state index contributed by atoms with van der Waals surface area (Å²) >= 11 is 3.21. The van der Waals surface area contributed by atoms with Crippen LogP contribution in [0.5, 0.6) is 0 Å². The standard InChI is InChI=1S/C21H23N5OS2/c1-14-7-6-9-17(16(14)3)26-21(22-23-24-26)28-13-20(27)25-12-11-15(2)29-19-10-5-4-8-18(19)25/h4-10,15H,11-13H2,1-3H3/t15-/m0/s1. The van der Waals surface area contributed by atoms with Gasteiger partial charge in [0.1, 0.15) is 0 Å². The highest BCUT2D eigenvalue weighted by Crippen LogP contribution is 2.37. The van der Waals surface area contributed by atoms with E-state index in [4.69, 9.17) is 0 Å². The van der Waals surface area contributed by atoms with E-state index in [1.807, 2.05) is 47.0 Å². The third-order valence-electron chi connectivity index (χ3n) is 5.11. The SMILES string of the molecule is Cc1cccc(-n2nnnc2SCC(=O)N2CC[C@H](C)Sc3ccccc32)c1C. The molecule has 0 aliphatic carbocycles.